The lowest BCUT2D eigenvalue weighted by Gasteiger charge is -2.26. The molecule has 1 aliphatic heterocycles. The number of rotatable bonds is 4. The van der Waals surface area contributed by atoms with Crippen molar-refractivity contribution in [1.82, 2.24) is 0 Å². The van der Waals surface area contributed by atoms with Gasteiger partial charge in [-0.15, -0.1) is 0 Å². The van der Waals surface area contributed by atoms with E-state index < -0.39 is 0 Å². The number of hydrogen-bond acceptors (Lipinski definition) is 4. The summed E-state index contributed by atoms with van der Waals surface area (Å²) in [5, 5.41) is 12.2. The number of methoxy groups -OCH3 is 1. The van der Waals surface area contributed by atoms with Crippen molar-refractivity contribution in [2.75, 3.05) is 12.4 Å². The van der Waals surface area contributed by atoms with Gasteiger partial charge >= 0.3 is 5.97 Å². The predicted molar refractivity (Wildman–Crippen MR) is 133 cm³/mol. The van der Waals surface area contributed by atoms with Gasteiger partial charge in [0.1, 0.15) is 0 Å². The molecule has 0 aliphatic carbocycles. The summed E-state index contributed by atoms with van der Waals surface area (Å²) in [6.45, 7) is 6.25. The molecule has 0 radical (unpaired) electrons. The monoisotopic (exact) mass is 450 g/mol. The molecular weight excluding hydrogens is 424 g/mol. The molecule has 0 unspecified atom stereocenters. The lowest BCUT2D eigenvalue weighted by Crippen LogP contribution is -2.15. The van der Waals surface area contributed by atoms with E-state index in [4.69, 9.17) is 4.74 Å². The van der Waals surface area contributed by atoms with Gasteiger partial charge in [-0.25, -0.2) is 4.79 Å². The Kier molecular flexibility index (Phi) is 6.08. The standard InChI is InChI=1S/C29H26N2O3/c1-29(2,3)26(20-13-11-18(17-30)12-14-20)25-24-21(8-6-10-23(24)31-27(25)32)15-19-7-5-9-22(16-19)28(33)34-4/h5-14,16H,15H2,1-4H3,(H,31,32). The van der Waals surface area contributed by atoms with Crippen LogP contribution in [-0.2, 0) is 16.0 Å². The van der Waals surface area contributed by atoms with Crippen LogP contribution in [0, 0.1) is 16.7 Å². The smallest absolute Gasteiger partial charge is 0.337 e. The molecule has 5 nitrogen and oxygen atoms in total. The molecule has 0 atom stereocenters. The van der Waals surface area contributed by atoms with E-state index in [1.54, 1.807) is 18.2 Å². The van der Waals surface area contributed by atoms with Crippen LogP contribution in [0.1, 0.15) is 58.9 Å². The number of hydrogen-bond donors (Lipinski definition) is 1. The largest absolute Gasteiger partial charge is 0.465 e. The Bertz CT molecular complexity index is 1350. The van der Waals surface area contributed by atoms with Crippen LogP contribution in [0.5, 0.6) is 0 Å². The molecule has 1 amide bonds. The van der Waals surface area contributed by atoms with Crippen LogP contribution in [0.4, 0.5) is 5.69 Å². The zero-order valence-electron chi connectivity index (χ0n) is 19.7. The van der Waals surface area contributed by atoms with Crippen molar-refractivity contribution >= 4 is 28.7 Å². The van der Waals surface area contributed by atoms with Crippen LogP contribution in [0.15, 0.2) is 66.7 Å². The maximum Gasteiger partial charge on any atom is 0.337 e. The van der Waals surface area contributed by atoms with Crippen molar-refractivity contribution in [3.8, 4) is 6.07 Å². The van der Waals surface area contributed by atoms with Crippen molar-refractivity contribution in [2.45, 2.75) is 27.2 Å². The Morgan fingerprint density at radius 2 is 1.71 bits per heavy atom. The molecular formula is C29H26N2O3. The summed E-state index contributed by atoms with van der Waals surface area (Å²) in [5.41, 5.74) is 6.80. The number of nitrogens with one attached hydrogen (secondary N) is 1. The van der Waals surface area contributed by atoms with Gasteiger partial charge in [-0.2, -0.15) is 5.26 Å². The molecule has 0 fully saturated rings. The first-order valence-electron chi connectivity index (χ1n) is 11.1. The van der Waals surface area contributed by atoms with Gasteiger partial charge in [0.15, 0.2) is 0 Å². The van der Waals surface area contributed by atoms with Crippen molar-refractivity contribution in [3.05, 3.63) is 100 Å². The van der Waals surface area contributed by atoms with Crippen LogP contribution >= 0.6 is 0 Å². The number of nitriles is 1. The summed E-state index contributed by atoms with van der Waals surface area (Å²) in [6.07, 6.45) is 0.553. The summed E-state index contributed by atoms with van der Waals surface area (Å²) in [6, 6.07) is 22.7. The fourth-order valence-electron chi connectivity index (χ4n) is 4.49. The van der Waals surface area contributed by atoms with Crippen LogP contribution in [0.2, 0.25) is 0 Å². The Labute approximate surface area is 199 Å². The number of nitrogens with zero attached hydrogens (tertiary/aromatic N) is 1. The highest BCUT2D eigenvalue weighted by Crippen LogP contribution is 2.46. The Balaban J connectivity index is 1.89. The fourth-order valence-corrected chi connectivity index (χ4v) is 4.49. The highest BCUT2D eigenvalue weighted by molar-refractivity contribution is 6.37. The highest BCUT2D eigenvalue weighted by Gasteiger charge is 2.34. The van der Waals surface area contributed by atoms with Crippen LogP contribution in [0.25, 0.3) is 11.1 Å². The van der Waals surface area contributed by atoms with E-state index in [9.17, 15) is 14.9 Å². The minimum atomic E-state index is -0.381. The van der Waals surface area contributed by atoms with Gasteiger partial charge in [0.25, 0.3) is 5.91 Å². The summed E-state index contributed by atoms with van der Waals surface area (Å²) in [4.78, 5) is 25.3. The lowest BCUT2D eigenvalue weighted by atomic mass is 9.77. The van der Waals surface area contributed by atoms with E-state index in [0.717, 1.165) is 33.5 Å². The van der Waals surface area contributed by atoms with Crippen LogP contribution < -0.4 is 5.32 Å². The van der Waals surface area contributed by atoms with Gasteiger partial charge in [0, 0.05) is 11.3 Å². The van der Waals surface area contributed by atoms with Gasteiger partial charge in [-0.1, -0.05) is 57.2 Å². The molecule has 0 bridgehead atoms. The third-order valence-corrected chi connectivity index (χ3v) is 5.92. The minimum Gasteiger partial charge on any atom is -0.465 e. The number of amides is 1. The number of carbonyl (C=O) groups excluding carboxylic acids is 2. The average molecular weight is 451 g/mol. The molecule has 3 aromatic rings. The van der Waals surface area contributed by atoms with Crippen LogP contribution in [0.3, 0.4) is 0 Å². The average Bonchev–Trinajstić information content (AvgIpc) is 3.15. The maximum absolute atomic E-state index is 13.3. The Morgan fingerprint density at radius 3 is 2.35 bits per heavy atom. The highest BCUT2D eigenvalue weighted by atomic mass is 16.5. The Morgan fingerprint density at radius 1 is 1.00 bits per heavy atom. The summed E-state index contributed by atoms with van der Waals surface area (Å²) in [5.74, 6) is -0.520. The number of allylic oxidation sites excluding steroid dienone is 1. The van der Waals surface area contributed by atoms with Crippen molar-refractivity contribution in [2.24, 2.45) is 5.41 Å². The van der Waals surface area contributed by atoms with Crippen molar-refractivity contribution in [1.29, 1.82) is 5.26 Å². The summed E-state index contributed by atoms with van der Waals surface area (Å²) in [7, 11) is 1.37. The maximum atomic E-state index is 13.3. The molecule has 0 saturated heterocycles. The van der Waals surface area contributed by atoms with E-state index in [1.165, 1.54) is 7.11 Å². The molecule has 5 heteroatoms. The molecule has 170 valence electrons. The van der Waals surface area contributed by atoms with Gasteiger partial charge in [0.2, 0.25) is 0 Å². The summed E-state index contributed by atoms with van der Waals surface area (Å²) >= 11 is 0. The molecule has 3 aromatic carbocycles. The minimum absolute atomic E-state index is 0.139. The first-order valence-corrected chi connectivity index (χ1v) is 11.1. The van der Waals surface area contributed by atoms with E-state index in [1.807, 2.05) is 48.5 Å². The molecule has 1 heterocycles. The molecule has 1 aliphatic rings. The van der Waals surface area contributed by atoms with E-state index in [2.05, 4.69) is 32.2 Å². The van der Waals surface area contributed by atoms with Gasteiger partial charge in [-0.3, -0.25) is 4.79 Å². The number of ether oxygens (including phenoxy) is 1. The van der Waals surface area contributed by atoms with Crippen molar-refractivity contribution < 1.29 is 14.3 Å². The van der Waals surface area contributed by atoms with Gasteiger partial charge in [-0.05, 0) is 64.4 Å². The number of benzene rings is 3. The predicted octanol–water partition coefficient (Wildman–Crippen LogP) is 5.84. The first-order chi connectivity index (χ1) is 16.2. The number of anilines is 1. The van der Waals surface area contributed by atoms with Crippen LogP contribution in [-0.4, -0.2) is 19.0 Å². The van der Waals surface area contributed by atoms with E-state index in [-0.39, 0.29) is 17.3 Å². The van der Waals surface area contributed by atoms with E-state index >= 15 is 0 Å². The van der Waals surface area contributed by atoms with Crippen molar-refractivity contribution in [3.63, 3.8) is 0 Å². The zero-order valence-corrected chi connectivity index (χ0v) is 19.7. The molecule has 1 N–H and O–H groups in total. The third-order valence-electron chi connectivity index (χ3n) is 5.92. The topological polar surface area (TPSA) is 79.2 Å². The molecule has 0 aromatic heterocycles. The van der Waals surface area contributed by atoms with E-state index in [0.29, 0.717) is 23.1 Å². The second kappa shape index (κ2) is 8.99. The normalized spacial score (nSPS) is 14.1. The SMILES string of the molecule is COC(=O)c1cccc(Cc2cccc3c2C(=C(c2ccc(C#N)cc2)C(C)(C)C)C(=O)N3)c1. The second-order valence-corrected chi connectivity index (χ2v) is 9.35. The number of carbonyl (C=O) groups is 2. The lowest BCUT2D eigenvalue weighted by molar-refractivity contribution is -0.110. The molecule has 0 saturated carbocycles. The first kappa shape index (κ1) is 23.0. The Hall–Kier alpha value is -4.17. The van der Waals surface area contributed by atoms with Gasteiger partial charge < -0.3 is 10.1 Å². The number of esters is 1. The quantitative estimate of drug-likeness (QED) is 0.400. The summed E-state index contributed by atoms with van der Waals surface area (Å²) < 4.78 is 4.86. The number of fused-ring (bicyclic) bond motifs is 1. The fraction of sp³-hybridized carbons (Fsp3) is 0.207. The third kappa shape index (κ3) is 4.35. The molecule has 0 spiro atoms. The zero-order chi connectivity index (χ0) is 24.5. The van der Waals surface area contributed by atoms with Gasteiger partial charge in [0.05, 0.1) is 29.9 Å². The second-order valence-electron chi connectivity index (χ2n) is 9.35. The molecule has 34 heavy (non-hydrogen) atoms. The molecule has 4 rings (SSSR count).